The van der Waals surface area contributed by atoms with Crippen molar-refractivity contribution in [3.8, 4) is 22.1 Å². The molecule has 1 N–H and O–H groups in total. The first kappa shape index (κ1) is 27.6. The van der Waals surface area contributed by atoms with Crippen LogP contribution in [0, 0.1) is 0 Å². The number of hydrogen-bond donors (Lipinski definition) is 1. The molecule has 0 bridgehead atoms. The van der Waals surface area contributed by atoms with Crippen LogP contribution in [0.5, 0.6) is 11.5 Å². The van der Waals surface area contributed by atoms with Crippen LogP contribution in [0.2, 0.25) is 0 Å². The quantitative estimate of drug-likeness (QED) is 0.188. The first-order valence-electron chi connectivity index (χ1n) is 11.1. The number of aromatic nitrogens is 2. The summed E-state index contributed by atoms with van der Waals surface area (Å²) in [5, 5.41) is 13.1. The van der Waals surface area contributed by atoms with Crippen LogP contribution in [0.15, 0.2) is 56.4 Å². The lowest BCUT2D eigenvalue weighted by Gasteiger charge is -2.19. The van der Waals surface area contributed by atoms with E-state index in [9.17, 15) is 9.59 Å². The molecule has 0 aliphatic rings. The van der Waals surface area contributed by atoms with Crippen LogP contribution in [0.25, 0.3) is 10.6 Å². The van der Waals surface area contributed by atoms with Crippen LogP contribution >= 0.6 is 39.0 Å². The first-order chi connectivity index (χ1) is 17.4. The van der Waals surface area contributed by atoms with E-state index in [0.29, 0.717) is 39.0 Å². The molecule has 0 saturated carbocycles. The molecule has 0 atom stereocenters. The summed E-state index contributed by atoms with van der Waals surface area (Å²) in [4.78, 5) is 26.1. The second-order valence-electron chi connectivity index (χ2n) is 7.21. The number of nitrogens with one attached hydrogen (secondary N) is 1. The molecule has 0 fully saturated rings. The van der Waals surface area contributed by atoms with Crippen LogP contribution in [0.1, 0.15) is 19.4 Å². The Balaban J connectivity index is 1.53. The number of carbonyl (C=O) groups is 2. The monoisotopic (exact) mass is 591 g/mol. The predicted octanol–water partition coefficient (Wildman–Crippen LogP) is 4.47. The average molecular weight is 593 g/mol. The number of benzene rings is 2. The Morgan fingerprint density at radius 2 is 1.94 bits per heavy atom. The van der Waals surface area contributed by atoms with E-state index in [1.54, 1.807) is 17.0 Å². The van der Waals surface area contributed by atoms with Crippen LogP contribution in [-0.2, 0) is 9.59 Å². The highest BCUT2D eigenvalue weighted by molar-refractivity contribution is 9.10. The highest BCUT2D eigenvalue weighted by atomic mass is 79.9. The van der Waals surface area contributed by atoms with Crippen LogP contribution in [-0.4, -0.2) is 65.7 Å². The SMILES string of the molecule is CCN(CC)C(=O)COc1c(Br)cc(C=NNC(=O)CSc2nnc(-c3ccccc3)s2)cc1OC. The molecule has 0 unspecified atom stereocenters. The number of amides is 2. The average Bonchev–Trinajstić information content (AvgIpc) is 3.37. The van der Waals surface area contributed by atoms with E-state index in [1.165, 1.54) is 36.4 Å². The van der Waals surface area contributed by atoms with Crippen LogP contribution in [0.4, 0.5) is 0 Å². The van der Waals surface area contributed by atoms with Gasteiger partial charge < -0.3 is 14.4 Å². The maximum Gasteiger partial charge on any atom is 0.260 e. The number of methoxy groups -OCH3 is 1. The number of hydrogen-bond acceptors (Lipinski definition) is 9. The molecule has 0 aliphatic heterocycles. The van der Waals surface area contributed by atoms with E-state index in [1.807, 2.05) is 44.2 Å². The van der Waals surface area contributed by atoms with E-state index < -0.39 is 0 Å². The fourth-order valence-corrected chi connectivity index (χ4v) is 5.28. The zero-order chi connectivity index (χ0) is 25.9. The van der Waals surface area contributed by atoms with Crippen molar-refractivity contribution in [3.05, 3.63) is 52.5 Å². The molecule has 2 aromatic carbocycles. The molecule has 3 aromatic rings. The topological polar surface area (TPSA) is 106 Å². The minimum Gasteiger partial charge on any atom is -0.493 e. The Morgan fingerprint density at radius 3 is 2.64 bits per heavy atom. The molecular formula is C24H26BrN5O4S2. The van der Waals surface area contributed by atoms with Gasteiger partial charge in [0, 0.05) is 18.7 Å². The Hall–Kier alpha value is -2.96. The number of halogens is 1. The molecule has 0 aliphatic carbocycles. The smallest absolute Gasteiger partial charge is 0.260 e. The van der Waals surface area contributed by atoms with Gasteiger partial charge >= 0.3 is 0 Å². The van der Waals surface area contributed by atoms with Crippen LogP contribution < -0.4 is 14.9 Å². The third-order valence-corrected chi connectivity index (χ3v) is 7.56. The van der Waals surface area contributed by atoms with Gasteiger partial charge in [-0.05, 0) is 47.5 Å². The fourth-order valence-electron chi connectivity index (χ4n) is 3.06. The number of ether oxygens (including phenoxy) is 2. The van der Waals surface area contributed by atoms with Crippen molar-refractivity contribution in [3.63, 3.8) is 0 Å². The van der Waals surface area contributed by atoms with E-state index in [2.05, 4.69) is 36.7 Å². The van der Waals surface area contributed by atoms with Gasteiger partial charge in [-0.1, -0.05) is 53.4 Å². The third kappa shape index (κ3) is 7.77. The minimum atomic E-state index is -0.270. The van der Waals surface area contributed by atoms with Crippen LogP contribution in [0.3, 0.4) is 0 Å². The minimum absolute atomic E-state index is 0.0980. The number of carbonyl (C=O) groups excluding carboxylic acids is 2. The highest BCUT2D eigenvalue weighted by Crippen LogP contribution is 2.36. The zero-order valence-electron chi connectivity index (χ0n) is 20.1. The fraction of sp³-hybridized carbons (Fsp3) is 0.292. The third-order valence-electron chi connectivity index (χ3n) is 4.86. The lowest BCUT2D eigenvalue weighted by atomic mass is 10.2. The van der Waals surface area contributed by atoms with Gasteiger partial charge in [-0.25, -0.2) is 5.43 Å². The van der Waals surface area contributed by atoms with Gasteiger partial charge in [0.1, 0.15) is 5.01 Å². The number of thioether (sulfide) groups is 1. The van der Waals surface area contributed by atoms with Gasteiger partial charge in [-0.3, -0.25) is 9.59 Å². The maximum atomic E-state index is 12.2. The Labute approximate surface area is 226 Å². The lowest BCUT2D eigenvalue weighted by Crippen LogP contribution is -2.34. The van der Waals surface area contributed by atoms with E-state index in [-0.39, 0.29) is 24.2 Å². The summed E-state index contributed by atoms with van der Waals surface area (Å²) in [6.07, 6.45) is 1.50. The van der Waals surface area contributed by atoms with Gasteiger partial charge in [0.05, 0.1) is 23.5 Å². The molecule has 3 rings (SSSR count). The van der Waals surface area contributed by atoms with Gasteiger partial charge in [-0.15, -0.1) is 10.2 Å². The summed E-state index contributed by atoms with van der Waals surface area (Å²) in [5.74, 6) is 0.632. The molecular weight excluding hydrogens is 566 g/mol. The molecule has 0 spiro atoms. The summed E-state index contributed by atoms with van der Waals surface area (Å²) in [5.41, 5.74) is 4.17. The summed E-state index contributed by atoms with van der Waals surface area (Å²) in [6, 6.07) is 13.2. The van der Waals surface area contributed by atoms with Crippen molar-refractivity contribution in [2.24, 2.45) is 5.10 Å². The molecule has 2 amide bonds. The number of hydrazone groups is 1. The summed E-state index contributed by atoms with van der Waals surface area (Å²) in [7, 11) is 1.51. The Morgan fingerprint density at radius 1 is 1.19 bits per heavy atom. The zero-order valence-corrected chi connectivity index (χ0v) is 23.3. The summed E-state index contributed by atoms with van der Waals surface area (Å²) < 4.78 is 12.4. The summed E-state index contributed by atoms with van der Waals surface area (Å²) in [6.45, 7) is 4.97. The van der Waals surface area contributed by atoms with Crippen molar-refractivity contribution in [2.75, 3.05) is 32.6 Å². The van der Waals surface area contributed by atoms with Crippen molar-refractivity contribution < 1.29 is 19.1 Å². The van der Waals surface area contributed by atoms with Crippen molar-refractivity contribution in [1.82, 2.24) is 20.5 Å². The first-order valence-corrected chi connectivity index (χ1v) is 13.7. The number of likely N-dealkylation sites (N-methyl/N-ethyl adjacent to an activating group) is 1. The molecule has 36 heavy (non-hydrogen) atoms. The number of nitrogens with zero attached hydrogens (tertiary/aromatic N) is 4. The highest BCUT2D eigenvalue weighted by Gasteiger charge is 2.16. The van der Waals surface area contributed by atoms with Crippen molar-refractivity contribution in [2.45, 2.75) is 18.2 Å². The lowest BCUT2D eigenvalue weighted by molar-refractivity contribution is -0.133. The number of rotatable bonds is 12. The normalized spacial score (nSPS) is 10.9. The van der Waals surface area contributed by atoms with E-state index in [0.717, 1.165) is 10.6 Å². The standard InChI is InChI=1S/C24H26BrN5O4S2/c1-4-30(5-2)21(32)14-34-22-18(25)11-16(12-19(22)33-3)13-26-27-20(31)15-35-24-29-28-23(36-24)17-9-7-6-8-10-17/h6-13H,4-5,14-15H2,1-3H3,(H,27,31). The molecule has 1 aromatic heterocycles. The molecule has 190 valence electrons. The van der Waals surface area contributed by atoms with Gasteiger partial charge in [0.15, 0.2) is 22.4 Å². The molecule has 1 heterocycles. The van der Waals surface area contributed by atoms with E-state index in [4.69, 9.17) is 9.47 Å². The van der Waals surface area contributed by atoms with Gasteiger partial charge in [0.25, 0.3) is 11.8 Å². The second-order valence-corrected chi connectivity index (χ2v) is 10.3. The van der Waals surface area contributed by atoms with Crippen molar-refractivity contribution >= 4 is 57.1 Å². The van der Waals surface area contributed by atoms with Gasteiger partial charge in [-0.2, -0.15) is 5.10 Å². The second kappa shape index (κ2) is 14.0. The largest absolute Gasteiger partial charge is 0.493 e. The van der Waals surface area contributed by atoms with Gasteiger partial charge in [0.2, 0.25) is 0 Å². The van der Waals surface area contributed by atoms with Crippen molar-refractivity contribution in [1.29, 1.82) is 0 Å². The Kier molecular flexibility index (Phi) is 10.7. The molecule has 0 radical (unpaired) electrons. The summed E-state index contributed by atoms with van der Waals surface area (Å²) >= 11 is 6.19. The molecule has 9 nitrogen and oxygen atoms in total. The maximum absolute atomic E-state index is 12.2. The predicted molar refractivity (Wildman–Crippen MR) is 146 cm³/mol. The molecule has 12 heteroatoms. The Bertz CT molecular complexity index is 1200. The molecule has 0 saturated heterocycles. The van der Waals surface area contributed by atoms with E-state index >= 15 is 0 Å².